The molecule has 2 fully saturated rings. The van der Waals surface area contributed by atoms with Crippen molar-refractivity contribution in [2.45, 2.75) is 77.7 Å². The maximum absolute atomic E-state index is 12.3. The molecule has 0 amide bonds. The molecule has 0 aromatic carbocycles. The van der Waals surface area contributed by atoms with Gasteiger partial charge in [0.25, 0.3) is 0 Å². The van der Waals surface area contributed by atoms with E-state index >= 15 is 0 Å². The maximum Gasteiger partial charge on any atom is 0.309 e. The van der Waals surface area contributed by atoms with Crippen molar-refractivity contribution in [1.82, 2.24) is 0 Å². The second-order valence-corrected chi connectivity index (χ2v) is 6.20. The van der Waals surface area contributed by atoms with Gasteiger partial charge in [-0.15, -0.1) is 0 Å². The highest BCUT2D eigenvalue weighted by atomic mass is 16.5. The van der Waals surface area contributed by atoms with Crippen LogP contribution in [0.15, 0.2) is 0 Å². The van der Waals surface area contributed by atoms with Crippen molar-refractivity contribution in [3.63, 3.8) is 0 Å². The van der Waals surface area contributed by atoms with Crippen molar-refractivity contribution in [2.24, 2.45) is 17.8 Å². The Labute approximate surface area is 111 Å². The molecule has 0 N–H and O–H groups in total. The number of ether oxygens (including phenoxy) is 1. The molecule has 104 valence electrons. The number of hydrogen-bond donors (Lipinski definition) is 0. The van der Waals surface area contributed by atoms with Gasteiger partial charge in [-0.2, -0.15) is 0 Å². The molecule has 2 heteroatoms. The van der Waals surface area contributed by atoms with Gasteiger partial charge in [-0.25, -0.2) is 0 Å². The van der Waals surface area contributed by atoms with Gasteiger partial charge in [-0.3, -0.25) is 4.79 Å². The molecule has 0 heterocycles. The fourth-order valence-electron chi connectivity index (χ4n) is 3.90. The molecule has 2 aliphatic rings. The smallest absolute Gasteiger partial charge is 0.309 e. The lowest BCUT2D eigenvalue weighted by Gasteiger charge is -2.31. The van der Waals surface area contributed by atoms with Crippen LogP contribution in [0.2, 0.25) is 0 Å². The van der Waals surface area contributed by atoms with E-state index in [1.807, 2.05) is 0 Å². The van der Waals surface area contributed by atoms with Crippen molar-refractivity contribution < 1.29 is 9.53 Å². The first-order chi connectivity index (χ1) is 8.76. The summed E-state index contributed by atoms with van der Waals surface area (Å²) in [4.78, 5) is 12.3. The van der Waals surface area contributed by atoms with Gasteiger partial charge >= 0.3 is 5.97 Å². The topological polar surface area (TPSA) is 26.3 Å². The molecular weight excluding hydrogens is 224 g/mol. The lowest BCUT2D eigenvalue weighted by atomic mass is 9.86. The van der Waals surface area contributed by atoms with Crippen LogP contribution < -0.4 is 0 Å². The lowest BCUT2D eigenvalue weighted by molar-refractivity contribution is -0.160. The molecule has 0 radical (unpaired) electrons. The van der Waals surface area contributed by atoms with Gasteiger partial charge in [0.1, 0.15) is 6.10 Å². The second-order valence-electron chi connectivity index (χ2n) is 6.20. The minimum atomic E-state index is 0.0995. The van der Waals surface area contributed by atoms with E-state index in [4.69, 9.17) is 4.74 Å². The van der Waals surface area contributed by atoms with Gasteiger partial charge in [0, 0.05) is 0 Å². The quantitative estimate of drug-likeness (QED) is 0.658. The van der Waals surface area contributed by atoms with Gasteiger partial charge in [0.2, 0.25) is 0 Å². The van der Waals surface area contributed by atoms with Gasteiger partial charge in [0.15, 0.2) is 0 Å². The van der Waals surface area contributed by atoms with E-state index in [9.17, 15) is 4.79 Å². The molecule has 2 atom stereocenters. The van der Waals surface area contributed by atoms with Crippen LogP contribution in [-0.2, 0) is 9.53 Å². The molecule has 2 saturated carbocycles. The Kier molecular flexibility index (Phi) is 5.08. The maximum atomic E-state index is 12.3. The highest BCUT2D eigenvalue weighted by molar-refractivity contribution is 5.72. The summed E-state index contributed by atoms with van der Waals surface area (Å²) >= 11 is 0. The summed E-state index contributed by atoms with van der Waals surface area (Å²) in [6.07, 6.45) is 10.9. The molecule has 2 nitrogen and oxygen atoms in total. The number of fused-ring (bicyclic) bond motifs is 2. The standard InChI is InChI=1S/C16H28O2/c1-3-6-14(7-4-2)16(17)18-15-12-8-5-9-13(15)11-10-12/h12-15H,3-11H2,1-2H3. The van der Waals surface area contributed by atoms with Crippen LogP contribution in [-0.4, -0.2) is 12.1 Å². The van der Waals surface area contributed by atoms with Crippen molar-refractivity contribution in [1.29, 1.82) is 0 Å². The highest BCUT2D eigenvalue weighted by Gasteiger charge is 2.41. The minimum absolute atomic E-state index is 0.0995. The van der Waals surface area contributed by atoms with E-state index in [1.165, 1.54) is 32.1 Å². The first-order valence-corrected chi connectivity index (χ1v) is 7.96. The van der Waals surface area contributed by atoms with E-state index in [1.54, 1.807) is 0 Å². The largest absolute Gasteiger partial charge is 0.462 e. The van der Waals surface area contributed by atoms with Crippen molar-refractivity contribution in [3.05, 3.63) is 0 Å². The Morgan fingerprint density at radius 2 is 1.61 bits per heavy atom. The summed E-state index contributed by atoms with van der Waals surface area (Å²) in [5.41, 5.74) is 0. The van der Waals surface area contributed by atoms with Crippen molar-refractivity contribution in [2.75, 3.05) is 0 Å². The zero-order valence-corrected chi connectivity index (χ0v) is 12.0. The second kappa shape index (κ2) is 6.58. The first-order valence-electron chi connectivity index (χ1n) is 7.96. The average Bonchev–Trinajstić information content (AvgIpc) is 2.61. The number of esters is 1. The molecule has 0 spiro atoms. The van der Waals surface area contributed by atoms with Crippen LogP contribution >= 0.6 is 0 Å². The Morgan fingerprint density at radius 1 is 1.06 bits per heavy atom. The molecular formula is C16H28O2. The van der Waals surface area contributed by atoms with Crippen molar-refractivity contribution >= 4 is 5.97 Å². The molecule has 0 aliphatic heterocycles. The van der Waals surface area contributed by atoms with E-state index in [0.717, 1.165) is 25.7 Å². The van der Waals surface area contributed by atoms with Crippen molar-refractivity contribution in [3.8, 4) is 0 Å². The molecule has 0 aromatic heterocycles. The van der Waals surface area contributed by atoms with Crippen LogP contribution in [0, 0.1) is 17.8 Å². The van der Waals surface area contributed by atoms with E-state index in [2.05, 4.69) is 13.8 Å². The van der Waals surface area contributed by atoms with Crippen LogP contribution in [0.1, 0.15) is 71.6 Å². The highest BCUT2D eigenvalue weighted by Crippen LogP contribution is 2.44. The Morgan fingerprint density at radius 3 is 2.11 bits per heavy atom. The Bertz CT molecular complexity index is 252. The van der Waals surface area contributed by atoms with Gasteiger partial charge in [-0.1, -0.05) is 33.1 Å². The van der Waals surface area contributed by atoms with Gasteiger partial charge < -0.3 is 4.74 Å². The number of carbonyl (C=O) groups excluding carboxylic acids is 1. The third kappa shape index (κ3) is 3.07. The van der Waals surface area contributed by atoms with E-state index < -0.39 is 0 Å². The average molecular weight is 252 g/mol. The minimum Gasteiger partial charge on any atom is -0.462 e. The predicted molar refractivity (Wildman–Crippen MR) is 73.3 cm³/mol. The van der Waals surface area contributed by atoms with Crippen LogP contribution in [0.25, 0.3) is 0 Å². The van der Waals surface area contributed by atoms with E-state index in [-0.39, 0.29) is 18.0 Å². The summed E-state index contributed by atoms with van der Waals surface area (Å²) < 4.78 is 5.91. The molecule has 0 saturated heterocycles. The predicted octanol–water partition coefficient (Wildman–Crippen LogP) is 4.32. The molecule has 2 aliphatic carbocycles. The monoisotopic (exact) mass is 252 g/mol. The third-order valence-corrected chi connectivity index (χ3v) is 4.85. The summed E-state index contributed by atoms with van der Waals surface area (Å²) in [5.74, 6) is 1.61. The number of carbonyl (C=O) groups is 1. The van der Waals surface area contributed by atoms with Gasteiger partial charge in [0.05, 0.1) is 5.92 Å². The third-order valence-electron chi connectivity index (χ3n) is 4.85. The number of rotatable bonds is 6. The first kappa shape index (κ1) is 13.9. The summed E-state index contributed by atoms with van der Waals surface area (Å²) in [7, 11) is 0. The fraction of sp³-hybridized carbons (Fsp3) is 0.938. The molecule has 2 rings (SSSR count). The number of hydrogen-bond acceptors (Lipinski definition) is 2. The fourth-order valence-corrected chi connectivity index (χ4v) is 3.90. The zero-order valence-electron chi connectivity index (χ0n) is 12.0. The normalized spacial score (nSPS) is 30.7. The summed E-state index contributed by atoms with van der Waals surface area (Å²) in [6, 6.07) is 0. The molecule has 2 unspecified atom stereocenters. The van der Waals surface area contributed by atoms with Gasteiger partial charge in [-0.05, 0) is 50.4 Å². The molecule has 2 bridgehead atoms. The Balaban J connectivity index is 1.89. The van der Waals surface area contributed by atoms with Crippen LogP contribution in [0.3, 0.4) is 0 Å². The zero-order chi connectivity index (χ0) is 13.0. The molecule has 18 heavy (non-hydrogen) atoms. The Hall–Kier alpha value is -0.530. The summed E-state index contributed by atoms with van der Waals surface area (Å²) in [5, 5.41) is 0. The lowest BCUT2D eigenvalue weighted by Crippen LogP contribution is -2.33. The summed E-state index contributed by atoms with van der Waals surface area (Å²) in [6.45, 7) is 4.31. The SMILES string of the molecule is CCCC(CCC)C(=O)OC1C2CCCC1CC2. The molecule has 0 aromatic rings. The van der Waals surface area contributed by atoms with Crippen LogP contribution in [0.5, 0.6) is 0 Å². The van der Waals surface area contributed by atoms with E-state index in [0.29, 0.717) is 11.8 Å². The van der Waals surface area contributed by atoms with Crippen LogP contribution in [0.4, 0.5) is 0 Å².